The Bertz CT molecular complexity index is 1260. The number of hydrogen-bond acceptors (Lipinski definition) is 5. The van der Waals surface area contributed by atoms with E-state index >= 15 is 0 Å². The molecule has 0 aromatic rings. The number of esters is 1. The average molecular weight is 1100 g/mol. The van der Waals surface area contributed by atoms with Crippen molar-refractivity contribution in [1.82, 2.24) is 5.32 Å². The third-order valence-electron chi connectivity index (χ3n) is 16.4. The van der Waals surface area contributed by atoms with E-state index in [9.17, 15) is 19.8 Å². The van der Waals surface area contributed by atoms with Crippen LogP contribution in [0.5, 0.6) is 0 Å². The predicted molar refractivity (Wildman–Crippen MR) is 343 cm³/mol. The third kappa shape index (κ3) is 63.3. The molecule has 2 unspecified atom stereocenters. The second-order valence-corrected chi connectivity index (χ2v) is 24.2. The lowest BCUT2D eigenvalue weighted by Crippen LogP contribution is -2.45. The van der Waals surface area contributed by atoms with E-state index in [0.29, 0.717) is 19.4 Å². The van der Waals surface area contributed by atoms with Crippen LogP contribution in [0.2, 0.25) is 0 Å². The first-order chi connectivity index (χ1) is 38.5. The van der Waals surface area contributed by atoms with Crippen molar-refractivity contribution in [1.29, 1.82) is 0 Å². The maximum Gasteiger partial charge on any atom is 0.305 e. The van der Waals surface area contributed by atoms with Crippen LogP contribution in [-0.4, -0.2) is 47.4 Å². The van der Waals surface area contributed by atoms with E-state index in [2.05, 4.69) is 43.5 Å². The number of aliphatic hydroxyl groups excluding tert-OH is 2. The molecule has 0 aromatic carbocycles. The minimum Gasteiger partial charge on any atom is -0.466 e. The number of rotatable bonds is 66. The zero-order chi connectivity index (χ0) is 56.4. The van der Waals surface area contributed by atoms with Gasteiger partial charge in [-0.05, 0) is 64.2 Å². The van der Waals surface area contributed by atoms with Gasteiger partial charge in [0.25, 0.3) is 0 Å². The molecule has 2 atom stereocenters. The van der Waals surface area contributed by atoms with Crippen molar-refractivity contribution in [2.45, 2.75) is 398 Å². The summed E-state index contributed by atoms with van der Waals surface area (Å²) in [6, 6.07) is -0.626. The smallest absolute Gasteiger partial charge is 0.305 e. The number of nitrogens with one attached hydrogen (secondary N) is 1. The first-order valence-corrected chi connectivity index (χ1v) is 35.3. The maximum absolute atomic E-state index is 12.5. The lowest BCUT2D eigenvalue weighted by atomic mass is 10.0. The fraction of sp³-hybridized carbons (Fsp3) is 0.889. The van der Waals surface area contributed by atoms with Gasteiger partial charge in [0.2, 0.25) is 5.91 Å². The summed E-state index contributed by atoms with van der Waals surface area (Å²) in [4.78, 5) is 24.6. The Morgan fingerprint density at radius 2 is 0.641 bits per heavy atom. The fourth-order valence-corrected chi connectivity index (χ4v) is 11.0. The topological polar surface area (TPSA) is 95.9 Å². The van der Waals surface area contributed by atoms with Crippen molar-refractivity contribution < 1.29 is 24.5 Å². The second-order valence-electron chi connectivity index (χ2n) is 24.2. The highest BCUT2D eigenvalue weighted by Crippen LogP contribution is 2.19. The molecule has 0 heterocycles. The fourth-order valence-electron chi connectivity index (χ4n) is 11.0. The Hall–Kier alpha value is -1.92. The molecular formula is C72H137NO5. The summed E-state index contributed by atoms with van der Waals surface area (Å²) in [5.41, 5.74) is 0. The summed E-state index contributed by atoms with van der Waals surface area (Å²) >= 11 is 0. The van der Waals surface area contributed by atoms with E-state index in [-0.39, 0.29) is 18.5 Å². The zero-order valence-corrected chi connectivity index (χ0v) is 52.7. The monoisotopic (exact) mass is 1100 g/mol. The zero-order valence-electron chi connectivity index (χ0n) is 52.7. The van der Waals surface area contributed by atoms with Gasteiger partial charge in [-0.25, -0.2) is 0 Å². The molecule has 0 fully saturated rings. The van der Waals surface area contributed by atoms with Crippen LogP contribution in [0.4, 0.5) is 0 Å². The van der Waals surface area contributed by atoms with Crippen LogP contribution in [0.15, 0.2) is 36.5 Å². The molecule has 0 radical (unpaired) electrons. The number of allylic oxidation sites excluding steroid dienone is 5. The molecule has 3 N–H and O–H groups in total. The molecule has 0 rings (SSSR count). The van der Waals surface area contributed by atoms with Gasteiger partial charge in [0, 0.05) is 12.8 Å². The first-order valence-electron chi connectivity index (χ1n) is 35.3. The van der Waals surface area contributed by atoms with E-state index in [4.69, 9.17) is 4.74 Å². The van der Waals surface area contributed by atoms with Gasteiger partial charge in [-0.3, -0.25) is 9.59 Å². The van der Waals surface area contributed by atoms with Gasteiger partial charge >= 0.3 is 5.97 Å². The van der Waals surface area contributed by atoms with Crippen LogP contribution >= 0.6 is 0 Å². The molecule has 0 spiro atoms. The molecule has 6 heteroatoms. The Kier molecular flexibility index (Phi) is 65.9. The molecule has 0 aliphatic carbocycles. The van der Waals surface area contributed by atoms with E-state index in [1.54, 1.807) is 6.08 Å². The number of carbonyl (C=O) groups excluding carboxylic acids is 2. The minimum atomic E-state index is -0.843. The number of carbonyl (C=O) groups is 2. The lowest BCUT2D eigenvalue weighted by molar-refractivity contribution is -0.143. The summed E-state index contributed by atoms with van der Waals surface area (Å²) in [6.45, 7) is 4.91. The van der Waals surface area contributed by atoms with Gasteiger partial charge < -0.3 is 20.3 Å². The normalized spacial score (nSPS) is 12.7. The summed E-state index contributed by atoms with van der Waals surface area (Å²) in [5, 5.41) is 23.2. The predicted octanol–water partition coefficient (Wildman–Crippen LogP) is 22.7. The average Bonchev–Trinajstić information content (AvgIpc) is 3.44. The lowest BCUT2D eigenvalue weighted by Gasteiger charge is -2.20. The van der Waals surface area contributed by atoms with Gasteiger partial charge in [0.05, 0.1) is 25.4 Å². The molecule has 78 heavy (non-hydrogen) atoms. The van der Waals surface area contributed by atoms with Crippen LogP contribution < -0.4 is 5.32 Å². The van der Waals surface area contributed by atoms with E-state index < -0.39 is 12.1 Å². The van der Waals surface area contributed by atoms with Crippen molar-refractivity contribution in [3.63, 3.8) is 0 Å². The van der Waals surface area contributed by atoms with Gasteiger partial charge in [-0.2, -0.15) is 0 Å². The van der Waals surface area contributed by atoms with Crippen molar-refractivity contribution >= 4 is 11.9 Å². The van der Waals surface area contributed by atoms with Gasteiger partial charge in [-0.15, -0.1) is 0 Å². The van der Waals surface area contributed by atoms with Crippen molar-refractivity contribution in [3.8, 4) is 0 Å². The quantitative estimate of drug-likeness (QED) is 0.0320. The minimum absolute atomic E-state index is 0.00461. The van der Waals surface area contributed by atoms with Gasteiger partial charge in [-0.1, -0.05) is 346 Å². The molecule has 0 aromatic heterocycles. The highest BCUT2D eigenvalue weighted by molar-refractivity contribution is 5.76. The van der Waals surface area contributed by atoms with Crippen molar-refractivity contribution in [3.05, 3.63) is 36.5 Å². The van der Waals surface area contributed by atoms with Gasteiger partial charge in [0.1, 0.15) is 0 Å². The Labute approximate surface area is 487 Å². The number of aliphatic hydroxyl groups is 2. The van der Waals surface area contributed by atoms with Crippen LogP contribution in [0.25, 0.3) is 0 Å². The van der Waals surface area contributed by atoms with E-state index in [1.807, 2.05) is 6.08 Å². The largest absolute Gasteiger partial charge is 0.466 e. The Balaban J connectivity index is 3.37. The second kappa shape index (κ2) is 67.6. The molecule has 6 nitrogen and oxygen atoms in total. The highest BCUT2D eigenvalue weighted by atomic mass is 16.5. The Morgan fingerprint density at radius 1 is 0.359 bits per heavy atom. The molecule has 460 valence electrons. The number of ether oxygens (including phenoxy) is 1. The number of unbranched alkanes of at least 4 members (excludes halogenated alkanes) is 51. The standard InChI is InChI=1S/C72H137NO5/c1-3-5-7-9-11-13-15-17-19-21-33-36-40-44-48-52-56-60-64-70(75)69(68-74)73-71(76)65-61-57-53-49-45-41-37-34-31-29-27-25-23-22-24-26-28-30-32-35-39-43-47-51-55-59-63-67-78-72(77)66-62-58-54-50-46-42-38-20-18-16-14-12-10-8-6-4-2/h14,16,20,38,60,64,69-70,74-75H,3-13,15,17-19,21-37,39-59,61-63,65-68H2,1-2H3,(H,73,76)/b16-14-,38-20-,64-60+. The highest BCUT2D eigenvalue weighted by Gasteiger charge is 2.18. The van der Waals surface area contributed by atoms with Crippen molar-refractivity contribution in [2.24, 2.45) is 0 Å². The molecular weight excluding hydrogens is 959 g/mol. The number of amides is 1. The summed E-state index contributed by atoms with van der Waals surface area (Å²) in [7, 11) is 0. The van der Waals surface area contributed by atoms with E-state index in [1.165, 1.54) is 308 Å². The van der Waals surface area contributed by atoms with Crippen LogP contribution in [0.3, 0.4) is 0 Å². The SMILES string of the molecule is CCCCCC/C=C\C/C=C\CCCCCCCC(=O)OCCCCCCCCCCCCCCCCCCCCCCCCCCCCCC(=O)NC(CO)C(O)/C=C/CCCCCCCCCCCCCCCCCC. The summed E-state index contributed by atoms with van der Waals surface area (Å²) < 4.78 is 5.49. The van der Waals surface area contributed by atoms with Gasteiger partial charge in [0.15, 0.2) is 0 Å². The number of hydrogen-bond donors (Lipinski definition) is 3. The molecule has 0 saturated carbocycles. The molecule has 1 amide bonds. The molecule has 0 aliphatic heterocycles. The van der Waals surface area contributed by atoms with Crippen molar-refractivity contribution in [2.75, 3.05) is 13.2 Å². The van der Waals surface area contributed by atoms with Crippen LogP contribution in [0, 0.1) is 0 Å². The summed E-state index contributed by atoms with van der Waals surface area (Å²) in [6.07, 6.45) is 86.5. The van der Waals surface area contributed by atoms with Crippen LogP contribution in [-0.2, 0) is 14.3 Å². The third-order valence-corrected chi connectivity index (χ3v) is 16.4. The summed E-state index contributed by atoms with van der Waals surface area (Å²) in [5.74, 6) is -0.0577. The molecule has 0 saturated heterocycles. The molecule has 0 aliphatic rings. The van der Waals surface area contributed by atoms with Crippen LogP contribution in [0.1, 0.15) is 386 Å². The van der Waals surface area contributed by atoms with E-state index in [0.717, 1.165) is 51.4 Å². The molecule has 0 bridgehead atoms. The maximum atomic E-state index is 12.5. The first kappa shape index (κ1) is 76.1. The Morgan fingerprint density at radius 3 is 0.987 bits per heavy atom.